The number of anilines is 1. The number of hydrogen-bond donors (Lipinski definition) is 0. The lowest BCUT2D eigenvalue weighted by Crippen LogP contribution is -2.46. The number of carbonyl (C=O) groups is 2. The van der Waals surface area contributed by atoms with Gasteiger partial charge in [0.05, 0.1) is 23.3 Å². The van der Waals surface area contributed by atoms with Gasteiger partial charge in [-0.1, -0.05) is 68.4 Å². The first kappa shape index (κ1) is 23.0. The number of rotatable bonds is 4. The third-order valence-electron chi connectivity index (χ3n) is 6.80. The van der Waals surface area contributed by atoms with Crippen molar-refractivity contribution in [3.63, 3.8) is 0 Å². The van der Waals surface area contributed by atoms with Gasteiger partial charge in [-0.25, -0.2) is 0 Å². The standard InChI is InChI=1S/C30H30N2O3/c1-20(33)32-26-15-8-7-14-24(26)31-25-17-30(2,3)18-27(34)28(25)29(32)22-12-9-13-23(16-22)35-19-21-10-5-4-6-11-21/h4-16,28-29H,17-19H2,1-3H3. The SMILES string of the molecule is CC(=O)N1c2ccccc2N=C2CC(C)(C)CC(=O)C2C1c1cccc(OCc2ccccc2)c1. The summed E-state index contributed by atoms with van der Waals surface area (Å²) >= 11 is 0. The van der Waals surface area contributed by atoms with Gasteiger partial charge >= 0.3 is 0 Å². The molecular weight excluding hydrogens is 436 g/mol. The number of ether oxygens (including phenoxy) is 1. The van der Waals surface area contributed by atoms with Crippen molar-refractivity contribution in [1.29, 1.82) is 0 Å². The van der Waals surface area contributed by atoms with Gasteiger partial charge in [-0.05, 0) is 47.2 Å². The van der Waals surface area contributed by atoms with E-state index in [-0.39, 0.29) is 17.1 Å². The molecule has 3 aromatic carbocycles. The lowest BCUT2D eigenvalue weighted by Gasteiger charge is -2.40. The Morgan fingerprint density at radius 3 is 2.51 bits per heavy atom. The van der Waals surface area contributed by atoms with Crippen molar-refractivity contribution in [2.24, 2.45) is 16.3 Å². The molecule has 2 unspecified atom stereocenters. The van der Waals surface area contributed by atoms with E-state index in [1.165, 1.54) is 0 Å². The summed E-state index contributed by atoms with van der Waals surface area (Å²) in [6.07, 6.45) is 1.17. The molecule has 0 spiro atoms. The molecule has 0 bridgehead atoms. The summed E-state index contributed by atoms with van der Waals surface area (Å²) in [6, 6.07) is 25.0. The van der Waals surface area contributed by atoms with Gasteiger partial charge in [-0.15, -0.1) is 0 Å². The molecule has 35 heavy (non-hydrogen) atoms. The quantitative estimate of drug-likeness (QED) is 0.444. The largest absolute Gasteiger partial charge is 0.489 e. The predicted molar refractivity (Wildman–Crippen MR) is 138 cm³/mol. The fourth-order valence-electron chi connectivity index (χ4n) is 5.35. The van der Waals surface area contributed by atoms with E-state index >= 15 is 0 Å². The molecule has 0 N–H and O–H groups in total. The lowest BCUT2D eigenvalue weighted by molar-refractivity contribution is -0.124. The van der Waals surface area contributed by atoms with Gasteiger partial charge in [0, 0.05) is 19.1 Å². The number of fused-ring (bicyclic) bond motifs is 2. The van der Waals surface area contributed by atoms with E-state index in [1.807, 2.05) is 78.9 Å². The number of nitrogens with zero attached hydrogens (tertiary/aromatic N) is 2. The highest BCUT2D eigenvalue weighted by molar-refractivity contribution is 6.12. The van der Waals surface area contributed by atoms with Crippen molar-refractivity contribution in [2.45, 2.75) is 46.3 Å². The van der Waals surface area contributed by atoms with Gasteiger partial charge in [0.1, 0.15) is 18.1 Å². The zero-order valence-corrected chi connectivity index (χ0v) is 20.4. The summed E-state index contributed by atoms with van der Waals surface area (Å²) in [4.78, 5) is 33.5. The minimum Gasteiger partial charge on any atom is -0.489 e. The molecule has 2 aliphatic rings. The van der Waals surface area contributed by atoms with E-state index in [2.05, 4.69) is 13.8 Å². The number of amides is 1. The zero-order chi connectivity index (χ0) is 24.6. The number of hydrogen-bond acceptors (Lipinski definition) is 4. The van der Waals surface area contributed by atoms with Gasteiger partial charge in [0.15, 0.2) is 0 Å². The van der Waals surface area contributed by atoms with E-state index < -0.39 is 12.0 Å². The van der Waals surface area contributed by atoms with Crippen LogP contribution in [0.15, 0.2) is 83.9 Å². The molecule has 0 radical (unpaired) electrons. The molecule has 5 heteroatoms. The van der Waals surface area contributed by atoms with Crippen LogP contribution in [0.1, 0.15) is 50.8 Å². The van der Waals surface area contributed by atoms with E-state index in [9.17, 15) is 9.59 Å². The molecule has 5 rings (SSSR count). The maximum atomic E-state index is 13.6. The smallest absolute Gasteiger partial charge is 0.224 e. The maximum absolute atomic E-state index is 13.6. The van der Waals surface area contributed by atoms with Crippen LogP contribution in [0.5, 0.6) is 5.75 Å². The van der Waals surface area contributed by atoms with Crippen LogP contribution in [0.25, 0.3) is 0 Å². The van der Waals surface area contributed by atoms with Gasteiger partial charge in [-0.2, -0.15) is 0 Å². The van der Waals surface area contributed by atoms with Crippen molar-refractivity contribution in [1.82, 2.24) is 0 Å². The van der Waals surface area contributed by atoms with Crippen LogP contribution in [0.3, 0.4) is 0 Å². The Kier molecular flexibility index (Phi) is 6.01. The number of carbonyl (C=O) groups excluding carboxylic acids is 2. The Morgan fingerprint density at radius 2 is 1.74 bits per heavy atom. The second-order valence-corrected chi connectivity index (χ2v) is 10.2. The van der Waals surface area contributed by atoms with Crippen LogP contribution in [0, 0.1) is 11.3 Å². The number of aliphatic imine (C=N–C) groups is 1. The van der Waals surface area contributed by atoms with Crippen LogP contribution < -0.4 is 9.64 Å². The molecule has 178 valence electrons. The van der Waals surface area contributed by atoms with Crippen molar-refractivity contribution in [3.8, 4) is 5.75 Å². The van der Waals surface area contributed by atoms with Crippen molar-refractivity contribution < 1.29 is 14.3 Å². The summed E-state index contributed by atoms with van der Waals surface area (Å²) in [7, 11) is 0. The van der Waals surface area contributed by atoms with E-state index in [0.717, 1.165) is 28.2 Å². The Bertz CT molecular complexity index is 1300. The second kappa shape index (κ2) is 9.14. The van der Waals surface area contributed by atoms with E-state index in [1.54, 1.807) is 11.8 Å². The normalized spacial score (nSPS) is 20.8. The van der Waals surface area contributed by atoms with Crippen LogP contribution in [0.4, 0.5) is 11.4 Å². The molecule has 1 heterocycles. The Morgan fingerprint density at radius 1 is 1.00 bits per heavy atom. The number of benzene rings is 3. The van der Waals surface area contributed by atoms with Crippen molar-refractivity contribution >= 4 is 28.8 Å². The third kappa shape index (κ3) is 4.63. The fourth-order valence-corrected chi connectivity index (χ4v) is 5.35. The highest BCUT2D eigenvalue weighted by Gasteiger charge is 2.47. The maximum Gasteiger partial charge on any atom is 0.224 e. The van der Waals surface area contributed by atoms with Crippen LogP contribution in [-0.4, -0.2) is 17.4 Å². The average molecular weight is 467 g/mol. The summed E-state index contributed by atoms with van der Waals surface area (Å²) < 4.78 is 6.10. The minimum absolute atomic E-state index is 0.118. The Labute approximate surface area is 206 Å². The van der Waals surface area contributed by atoms with E-state index in [0.29, 0.717) is 25.2 Å². The Hall–Kier alpha value is -3.73. The molecule has 0 aromatic heterocycles. The molecule has 5 nitrogen and oxygen atoms in total. The number of ketones is 1. The van der Waals surface area contributed by atoms with Crippen LogP contribution in [0.2, 0.25) is 0 Å². The topological polar surface area (TPSA) is 59.0 Å². The summed E-state index contributed by atoms with van der Waals surface area (Å²) in [5, 5.41) is 0. The van der Waals surface area contributed by atoms with Gasteiger partial charge < -0.3 is 9.64 Å². The number of para-hydroxylation sites is 2. The Balaban J connectivity index is 1.60. The molecule has 0 saturated heterocycles. The van der Waals surface area contributed by atoms with Crippen LogP contribution in [-0.2, 0) is 16.2 Å². The minimum atomic E-state index is -0.497. The van der Waals surface area contributed by atoms with E-state index in [4.69, 9.17) is 9.73 Å². The molecule has 1 amide bonds. The van der Waals surface area contributed by atoms with Crippen LogP contribution >= 0.6 is 0 Å². The first-order valence-corrected chi connectivity index (χ1v) is 12.1. The fraction of sp³-hybridized carbons (Fsp3) is 0.300. The van der Waals surface area contributed by atoms with Crippen molar-refractivity contribution in [3.05, 3.63) is 90.0 Å². The summed E-state index contributed by atoms with van der Waals surface area (Å²) in [5.41, 5.74) is 4.08. The molecule has 2 atom stereocenters. The molecule has 1 saturated carbocycles. The molecule has 1 fully saturated rings. The van der Waals surface area contributed by atoms with Gasteiger partial charge in [0.25, 0.3) is 0 Å². The average Bonchev–Trinajstić information content (AvgIpc) is 2.97. The summed E-state index contributed by atoms with van der Waals surface area (Å²) in [6.45, 7) is 6.21. The predicted octanol–water partition coefficient (Wildman–Crippen LogP) is 6.45. The van der Waals surface area contributed by atoms with Gasteiger partial charge in [0.2, 0.25) is 5.91 Å². The number of Topliss-reactive ketones (excluding diaryl/α,β-unsaturated/α-hetero) is 1. The molecular formula is C30H30N2O3. The van der Waals surface area contributed by atoms with Gasteiger partial charge in [-0.3, -0.25) is 14.6 Å². The first-order chi connectivity index (χ1) is 16.8. The highest BCUT2D eigenvalue weighted by atomic mass is 16.5. The second-order valence-electron chi connectivity index (χ2n) is 10.2. The molecule has 1 aliphatic heterocycles. The third-order valence-corrected chi connectivity index (χ3v) is 6.80. The summed E-state index contributed by atoms with van der Waals surface area (Å²) in [5.74, 6) is 0.213. The lowest BCUT2D eigenvalue weighted by atomic mass is 9.68. The zero-order valence-electron chi connectivity index (χ0n) is 20.4. The first-order valence-electron chi connectivity index (χ1n) is 12.1. The molecule has 1 aliphatic carbocycles. The van der Waals surface area contributed by atoms with Crippen molar-refractivity contribution in [2.75, 3.05) is 4.90 Å². The molecule has 3 aromatic rings. The highest BCUT2D eigenvalue weighted by Crippen LogP contribution is 2.48. The monoisotopic (exact) mass is 466 g/mol.